The van der Waals surface area contributed by atoms with Crippen molar-refractivity contribution in [1.29, 1.82) is 0 Å². The molecule has 1 amide bonds. The summed E-state index contributed by atoms with van der Waals surface area (Å²) >= 11 is 12.2. The van der Waals surface area contributed by atoms with Crippen molar-refractivity contribution in [2.45, 2.75) is 26.0 Å². The van der Waals surface area contributed by atoms with Crippen LogP contribution in [0.4, 0.5) is 0 Å². The van der Waals surface area contributed by atoms with Gasteiger partial charge in [-0.1, -0.05) is 41.4 Å². The van der Waals surface area contributed by atoms with Gasteiger partial charge in [-0.05, 0) is 36.8 Å². The molecule has 2 N–H and O–H groups in total. The Hall–Kier alpha value is -2.57. The fraction of sp³-hybridized carbons (Fsp3) is 0.250. The van der Waals surface area contributed by atoms with E-state index in [0.717, 1.165) is 6.92 Å². The quantitative estimate of drug-likeness (QED) is 0.474. The molecule has 2 rings (SSSR count). The lowest BCUT2D eigenvalue weighted by Crippen LogP contribution is -2.44. The highest BCUT2D eigenvalue weighted by Gasteiger charge is 2.23. The Labute approximate surface area is 173 Å². The van der Waals surface area contributed by atoms with Gasteiger partial charge < -0.3 is 20.0 Å². The molecule has 28 heavy (non-hydrogen) atoms. The number of hydrogen-bond acceptors (Lipinski definition) is 4. The zero-order valence-corrected chi connectivity index (χ0v) is 16.5. The fourth-order valence-corrected chi connectivity index (χ4v) is 2.82. The fourth-order valence-electron chi connectivity index (χ4n) is 2.31. The van der Waals surface area contributed by atoms with Crippen LogP contribution in [0.25, 0.3) is 0 Å². The van der Waals surface area contributed by atoms with Crippen LogP contribution in [0.5, 0.6) is 5.75 Å². The maximum absolute atomic E-state index is 11.9. The summed E-state index contributed by atoms with van der Waals surface area (Å²) in [5.41, 5.74) is 1.28. The second kappa shape index (κ2) is 10.1. The number of carboxylic acid groups (broad SMARTS) is 1. The molecule has 0 fully saturated rings. The number of ether oxygens (including phenoxy) is 1. The number of carboxylic acids is 1. The molecular formula is C20H19Cl2NO5. The maximum Gasteiger partial charge on any atom is 0.326 e. The smallest absolute Gasteiger partial charge is 0.326 e. The number of carbonyl (C=O) groups excluding carboxylic acids is 2. The summed E-state index contributed by atoms with van der Waals surface area (Å²) in [5, 5.41) is 12.5. The first-order valence-electron chi connectivity index (χ1n) is 8.79. The van der Waals surface area contributed by atoms with Crippen molar-refractivity contribution in [1.82, 2.24) is 5.32 Å². The first-order valence-corrected chi connectivity index (χ1v) is 9.04. The average molecular weight is 425 g/mol. The van der Waals surface area contributed by atoms with E-state index in [9.17, 15) is 19.5 Å². The molecule has 0 spiro atoms. The maximum atomic E-state index is 11.9. The minimum atomic E-state index is -2.05. The molecule has 0 heterocycles. The minimum absolute atomic E-state index is 0.0212. The van der Waals surface area contributed by atoms with Crippen molar-refractivity contribution in [3.8, 4) is 5.75 Å². The molecule has 8 heteroatoms. The van der Waals surface area contributed by atoms with E-state index in [0.29, 0.717) is 26.9 Å². The highest BCUT2D eigenvalue weighted by atomic mass is 35.5. The van der Waals surface area contributed by atoms with E-state index in [1.807, 2.05) is 0 Å². The van der Waals surface area contributed by atoms with Crippen molar-refractivity contribution in [3.63, 3.8) is 0 Å². The van der Waals surface area contributed by atoms with Gasteiger partial charge in [0.25, 0.3) is 0 Å². The summed E-state index contributed by atoms with van der Waals surface area (Å²) in [6.45, 7) is 1.26. The van der Waals surface area contributed by atoms with Gasteiger partial charge in [-0.25, -0.2) is 4.79 Å². The lowest BCUT2D eigenvalue weighted by atomic mass is 10.0. The Bertz CT molecular complexity index is 882. The molecular weight excluding hydrogens is 405 g/mol. The zero-order chi connectivity index (χ0) is 21.6. The van der Waals surface area contributed by atoms with Crippen LogP contribution in [0.15, 0.2) is 42.5 Å². The standard InChI is InChI=1S/C20H19Cl2NO5/c1-12(10-24)19(25)23-18(20(26)27)9-13-5-7-14(8-6-13)28-11-15-16(21)3-2-4-17(15)22/h2-8,10,12,18H,9,11H2,1H3,(H,23,25)(H,26,27)/t12?,18-/m0/s1/i12D. The Balaban J connectivity index is 2.02. The third-order valence-corrected chi connectivity index (χ3v) is 4.65. The number of amides is 1. The Morgan fingerprint density at radius 2 is 1.82 bits per heavy atom. The largest absolute Gasteiger partial charge is 0.489 e. The van der Waals surface area contributed by atoms with Gasteiger partial charge in [-0.15, -0.1) is 0 Å². The normalized spacial score (nSPS) is 14.3. The van der Waals surface area contributed by atoms with Crippen LogP contribution >= 0.6 is 23.2 Å². The third-order valence-electron chi connectivity index (χ3n) is 3.95. The predicted octanol–water partition coefficient (Wildman–Crippen LogP) is 3.52. The Morgan fingerprint density at radius 1 is 1.21 bits per heavy atom. The van der Waals surface area contributed by atoms with E-state index >= 15 is 0 Å². The number of halogens is 2. The monoisotopic (exact) mass is 424 g/mol. The number of carbonyl (C=O) groups is 3. The first kappa shape index (κ1) is 20.2. The molecule has 0 saturated heterocycles. The van der Waals surface area contributed by atoms with Gasteiger partial charge in [0.1, 0.15) is 24.7 Å². The average Bonchev–Trinajstić information content (AvgIpc) is 2.68. The van der Waals surface area contributed by atoms with Crippen LogP contribution in [0.2, 0.25) is 10.0 Å². The number of rotatable bonds is 9. The lowest BCUT2D eigenvalue weighted by molar-refractivity contribution is -0.142. The van der Waals surface area contributed by atoms with Crippen molar-refractivity contribution >= 4 is 41.4 Å². The Kier molecular flexibility index (Phi) is 7.28. The molecule has 0 radical (unpaired) electrons. The van der Waals surface area contributed by atoms with E-state index in [2.05, 4.69) is 5.32 Å². The lowest BCUT2D eigenvalue weighted by Gasteiger charge is -2.16. The summed E-state index contributed by atoms with van der Waals surface area (Å²) in [6.07, 6.45) is 0.130. The van der Waals surface area contributed by atoms with Crippen molar-refractivity contribution in [2.75, 3.05) is 0 Å². The molecule has 0 aliphatic heterocycles. The van der Waals surface area contributed by atoms with Gasteiger partial charge in [-0.3, -0.25) is 4.79 Å². The third kappa shape index (κ3) is 5.97. The van der Waals surface area contributed by atoms with E-state index in [-0.39, 0.29) is 19.3 Å². The van der Waals surface area contributed by atoms with Gasteiger partial charge in [0.2, 0.25) is 5.91 Å². The Morgan fingerprint density at radius 3 is 2.36 bits per heavy atom. The van der Waals surface area contributed by atoms with Crippen molar-refractivity contribution in [2.24, 2.45) is 5.89 Å². The zero-order valence-electron chi connectivity index (χ0n) is 15.9. The van der Waals surface area contributed by atoms with Crippen LogP contribution in [0.3, 0.4) is 0 Å². The molecule has 0 bridgehead atoms. The first-order chi connectivity index (χ1) is 13.6. The van der Waals surface area contributed by atoms with Gasteiger partial charge in [-0.2, -0.15) is 0 Å². The number of benzene rings is 2. The summed E-state index contributed by atoms with van der Waals surface area (Å²) in [5.74, 6) is -3.77. The topological polar surface area (TPSA) is 92.7 Å². The summed E-state index contributed by atoms with van der Waals surface area (Å²) in [6, 6.07) is 10.5. The van der Waals surface area contributed by atoms with E-state index in [1.54, 1.807) is 42.5 Å². The summed E-state index contributed by atoms with van der Waals surface area (Å²) < 4.78 is 13.2. The second-order valence-corrected chi connectivity index (χ2v) is 6.82. The molecule has 2 aromatic rings. The molecule has 0 aliphatic carbocycles. The van der Waals surface area contributed by atoms with Gasteiger partial charge in [0.05, 0.1) is 5.89 Å². The van der Waals surface area contributed by atoms with E-state index < -0.39 is 23.8 Å². The predicted molar refractivity (Wildman–Crippen MR) is 106 cm³/mol. The van der Waals surface area contributed by atoms with Crippen LogP contribution in [0.1, 0.15) is 19.4 Å². The number of nitrogens with one attached hydrogen (secondary N) is 1. The highest BCUT2D eigenvalue weighted by molar-refractivity contribution is 6.35. The molecule has 6 nitrogen and oxygen atoms in total. The molecule has 2 aromatic carbocycles. The van der Waals surface area contributed by atoms with Crippen LogP contribution in [-0.4, -0.2) is 29.3 Å². The number of aldehydes is 1. The van der Waals surface area contributed by atoms with Gasteiger partial charge in [0, 0.05) is 23.4 Å². The number of hydrogen-bond donors (Lipinski definition) is 2. The molecule has 0 aliphatic rings. The summed E-state index contributed by atoms with van der Waals surface area (Å²) in [7, 11) is 0. The summed E-state index contributed by atoms with van der Waals surface area (Å²) in [4.78, 5) is 34.1. The van der Waals surface area contributed by atoms with E-state index in [1.165, 1.54) is 0 Å². The molecule has 2 atom stereocenters. The second-order valence-electron chi connectivity index (χ2n) is 6.00. The number of aliphatic carboxylic acids is 1. The van der Waals surface area contributed by atoms with Crippen LogP contribution in [0, 0.1) is 5.89 Å². The molecule has 148 valence electrons. The SMILES string of the molecule is [2H]C(C)(C=O)C(=O)N[C@@H](Cc1ccc(OCc2c(Cl)cccc2Cl)cc1)C(=O)O. The molecule has 0 aromatic heterocycles. The minimum Gasteiger partial charge on any atom is -0.489 e. The van der Waals surface area contributed by atoms with Crippen LogP contribution in [-0.2, 0) is 27.4 Å². The molecule has 1 unspecified atom stereocenters. The van der Waals surface area contributed by atoms with Gasteiger partial charge in [0.15, 0.2) is 0 Å². The van der Waals surface area contributed by atoms with Crippen molar-refractivity contribution in [3.05, 3.63) is 63.6 Å². The van der Waals surface area contributed by atoms with E-state index in [4.69, 9.17) is 29.3 Å². The van der Waals surface area contributed by atoms with Crippen molar-refractivity contribution < 1.29 is 25.6 Å². The van der Waals surface area contributed by atoms with Gasteiger partial charge >= 0.3 is 5.97 Å². The van der Waals surface area contributed by atoms with Crippen LogP contribution < -0.4 is 10.1 Å². The molecule has 0 saturated carbocycles. The highest BCUT2D eigenvalue weighted by Crippen LogP contribution is 2.26.